The summed E-state index contributed by atoms with van der Waals surface area (Å²) in [5.74, 6) is -3.67. The second-order valence-corrected chi connectivity index (χ2v) is 12.1. The number of methoxy groups -OCH3 is 1. The number of aliphatic hydroxyl groups excluding tert-OH is 2. The minimum atomic E-state index is -2.57. The molecule has 1 saturated heterocycles. The van der Waals surface area contributed by atoms with Crippen molar-refractivity contribution < 1.29 is 59.1 Å². The molecule has 0 saturated carbocycles. The number of aliphatic hydroxyl groups is 4. The number of phenols is 1. The molecule has 50 heavy (non-hydrogen) atoms. The van der Waals surface area contributed by atoms with Gasteiger partial charge in [0, 0.05) is 24.3 Å². The number of hydrogen-bond acceptors (Lipinski definition) is 14. The van der Waals surface area contributed by atoms with Crippen molar-refractivity contribution in [1.29, 1.82) is 5.41 Å². The molecule has 7 atom stereocenters. The Morgan fingerprint density at radius 3 is 2.60 bits per heavy atom. The Bertz CT molecular complexity index is 1940. The van der Waals surface area contributed by atoms with E-state index in [1.165, 1.54) is 31.7 Å². The molecule has 2 bridgehead atoms. The number of carbonyl (C=O) groups is 1. The summed E-state index contributed by atoms with van der Waals surface area (Å²) in [7, 11) is 1.20. The first-order chi connectivity index (χ1) is 23.9. The molecule has 16 nitrogen and oxygen atoms in total. The van der Waals surface area contributed by atoms with Crippen molar-refractivity contribution in [3.8, 4) is 28.7 Å². The fraction of sp³-hybridized carbons (Fsp3) is 0.324. The Morgan fingerprint density at radius 2 is 1.94 bits per heavy atom. The van der Waals surface area contributed by atoms with Gasteiger partial charge in [0.15, 0.2) is 23.2 Å². The van der Waals surface area contributed by atoms with Gasteiger partial charge in [0.05, 0.1) is 31.9 Å². The molecule has 5 aliphatic rings. The van der Waals surface area contributed by atoms with E-state index in [9.17, 15) is 35.4 Å². The van der Waals surface area contributed by atoms with Crippen LogP contribution in [0.3, 0.4) is 0 Å². The molecule has 2 aromatic rings. The molecular weight excluding hydrogens is 656 g/mol. The minimum absolute atomic E-state index is 0.0442. The number of nitrogens with zero attached hydrogens (tertiary/aromatic N) is 3. The number of phenolic OH excluding ortho intramolecular Hbond substituents is 1. The number of amidine groups is 1. The van der Waals surface area contributed by atoms with E-state index in [2.05, 4.69) is 15.0 Å². The van der Waals surface area contributed by atoms with Gasteiger partial charge in [-0.25, -0.2) is 14.8 Å². The van der Waals surface area contributed by atoms with Gasteiger partial charge in [-0.2, -0.15) is 0 Å². The number of nitrogens with one attached hydrogen (secondary N) is 1. The fourth-order valence-electron chi connectivity index (χ4n) is 6.59. The smallest absolute Gasteiger partial charge is 0.336 e. The van der Waals surface area contributed by atoms with E-state index in [1.54, 1.807) is 36.4 Å². The Kier molecular flexibility index (Phi) is 8.18. The first kappa shape index (κ1) is 33.0. The summed E-state index contributed by atoms with van der Waals surface area (Å²) in [6, 6.07) is 8.13. The highest BCUT2D eigenvalue weighted by atomic mass is 16.7. The third-order valence-corrected chi connectivity index (χ3v) is 9.10. The number of ether oxygens (including phenoxy) is 5. The van der Waals surface area contributed by atoms with Crippen LogP contribution in [0.2, 0.25) is 0 Å². The van der Waals surface area contributed by atoms with Crippen LogP contribution in [-0.4, -0.2) is 110 Å². The number of rotatable bonds is 10. The van der Waals surface area contributed by atoms with Gasteiger partial charge in [-0.3, -0.25) is 10.4 Å². The van der Waals surface area contributed by atoms with Crippen LogP contribution in [0.15, 0.2) is 75.7 Å². The van der Waals surface area contributed by atoms with Crippen LogP contribution in [0.25, 0.3) is 5.76 Å². The normalized spacial score (nSPS) is 30.6. The molecule has 0 spiro atoms. The summed E-state index contributed by atoms with van der Waals surface area (Å²) in [5.41, 5.74) is -3.56. The molecule has 7 unspecified atom stereocenters. The summed E-state index contributed by atoms with van der Waals surface area (Å²) in [4.78, 5) is 24.5. The highest BCUT2D eigenvalue weighted by molar-refractivity contribution is 6.14. The minimum Gasteiger partial charge on any atom is -0.507 e. The van der Waals surface area contributed by atoms with Crippen molar-refractivity contribution in [3.05, 3.63) is 71.8 Å². The van der Waals surface area contributed by atoms with Gasteiger partial charge in [-0.1, -0.05) is 18.2 Å². The molecule has 1 fully saturated rings. The first-order valence-corrected chi connectivity index (χ1v) is 15.4. The lowest BCUT2D eigenvalue weighted by Crippen LogP contribution is -2.78. The van der Waals surface area contributed by atoms with Gasteiger partial charge in [0.2, 0.25) is 12.0 Å². The zero-order valence-electron chi connectivity index (χ0n) is 26.3. The standard InChI is InChI=1S/C34H32N4O12/c1-46-28-24(49-32-33(44)10-8-19(20-14-36-15-37-20)34(45,31(33)43)29(50-32)30(41)42)13-23-26(27(28)40)21(39)12-22(48-23)16-2-5-18(6-3-16)47-11-9-17-4-7-25(35)38-17/h2-8,10,12-13,15,19,22,29,31-32,35,39-40,43-45H,9,11,14H2,1H3,(H,41,42). The van der Waals surface area contributed by atoms with E-state index in [1.807, 2.05) is 0 Å². The van der Waals surface area contributed by atoms with Crippen LogP contribution >= 0.6 is 0 Å². The number of aromatic hydroxyl groups is 1. The molecular formula is C34H32N4O12. The predicted molar refractivity (Wildman–Crippen MR) is 176 cm³/mol. The van der Waals surface area contributed by atoms with Crippen molar-refractivity contribution in [2.24, 2.45) is 20.9 Å². The number of carboxylic acid groups (broad SMARTS) is 1. The molecule has 0 aromatic heterocycles. The molecule has 1 aliphatic carbocycles. The molecule has 4 heterocycles. The van der Waals surface area contributed by atoms with Gasteiger partial charge in [-0.15, -0.1) is 0 Å². The average Bonchev–Trinajstić information content (AvgIpc) is 3.77. The van der Waals surface area contributed by atoms with Gasteiger partial charge < -0.3 is 54.3 Å². The molecule has 4 aliphatic heterocycles. The molecule has 7 rings (SSSR count). The average molecular weight is 689 g/mol. The van der Waals surface area contributed by atoms with Crippen LogP contribution in [0.4, 0.5) is 0 Å². The van der Waals surface area contributed by atoms with E-state index in [4.69, 9.17) is 29.1 Å². The zero-order valence-corrected chi connectivity index (χ0v) is 26.3. The summed E-state index contributed by atoms with van der Waals surface area (Å²) >= 11 is 0. The third-order valence-electron chi connectivity index (χ3n) is 9.10. The number of benzene rings is 2. The molecule has 2 aromatic carbocycles. The summed E-state index contributed by atoms with van der Waals surface area (Å²) in [5, 5.41) is 74.4. The lowest BCUT2D eigenvalue weighted by molar-refractivity contribution is -0.337. The van der Waals surface area contributed by atoms with Crippen molar-refractivity contribution in [2.75, 3.05) is 20.3 Å². The molecule has 7 N–H and O–H groups in total. The molecule has 16 heteroatoms. The van der Waals surface area contributed by atoms with Crippen molar-refractivity contribution in [2.45, 2.75) is 42.2 Å². The zero-order chi connectivity index (χ0) is 35.4. The number of allylic oxidation sites excluding steroid dienone is 1. The van der Waals surface area contributed by atoms with Crippen LogP contribution in [-0.2, 0) is 9.53 Å². The Hall–Kier alpha value is -5.55. The quantitative estimate of drug-likeness (QED) is 0.177. The lowest BCUT2D eigenvalue weighted by atomic mass is 9.64. The summed E-state index contributed by atoms with van der Waals surface area (Å²) < 4.78 is 28.8. The topological polar surface area (TPSA) is 246 Å². The van der Waals surface area contributed by atoms with Gasteiger partial charge in [0.1, 0.15) is 52.8 Å². The summed E-state index contributed by atoms with van der Waals surface area (Å²) in [6.07, 6.45) is 1.91. The lowest BCUT2D eigenvalue weighted by Gasteiger charge is -2.55. The van der Waals surface area contributed by atoms with Gasteiger partial charge in [-0.05, 0) is 35.9 Å². The van der Waals surface area contributed by atoms with Crippen molar-refractivity contribution >= 4 is 35.3 Å². The fourth-order valence-corrected chi connectivity index (χ4v) is 6.59. The number of fused-ring (bicyclic) bond motifs is 3. The first-order valence-electron chi connectivity index (χ1n) is 15.4. The van der Waals surface area contributed by atoms with Gasteiger partial charge in [0.25, 0.3) is 0 Å². The van der Waals surface area contributed by atoms with Gasteiger partial charge >= 0.3 is 5.97 Å². The predicted octanol–water partition coefficient (Wildman–Crippen LogP) is 1.87. The van der Waals surface area contributed by atoms with Crippen molar-refractivity contribution in [1.82, 2.24) is 0 Å². The highest BCUT2D eigenvalue weighted by Gasteiger charge is 2.69. The Balaban J connectivity index is 1.14. The monoisotopic (exact) mass is 688 g/mol. The van der Waals surface area contributed by atoms with E-state index < -0.39 is 53.4 Å². The second kappa shape index (κ2) is 12.4. The maximum Gasteiger partial charge on any atom is 0.336 e. The Labute approximate surface area is 283 Å². The summed E-state index contributed by atoms with van der Waals surface area (Å²) in [6.45, 7) is 0.389. The van der Waals surface area contributed by atoms with Crippen LogP contribution in [0.1, 0.15) is 23.7 Å². The van der Waals surface area contributed by atoms with E-state index in [-0.39, 0.29) is 46.7 Å². The van der Waals surface area contributed by atoms with Crippen LogP contribution < -0.4 is 18.9 Å². The Morgan fingerprint density at radius 1 is 1.16 bits per heavy atom. The highest BCUT2D eigenvalue weighted by Crippen LogP contribution is 2.53. The number of aliphatic carboxylic acids is 1. The number of hydrogen-bond donors (Lipinski definition) is 7. The van der Waals surface area contributed by atoms with E-state index in [0.29, 0.717) is 24.3 Å². The second-order valence-electron chi connectivity index (χ2n) is 12.1. The van der Waals surface area contributed by atoms with Crippen LogP contribution in [0, 0.1) is 11.3 Å². The number of aliphatic imine (C=N–C) groups is 3. The van der Waals surface area contributed by atoms with Crippen molar-refractivity contribution in [3.63, 3.8) is 0 Å². The SMILES string of the molecule is COc1c(OC2OC(C(=O)O)C3(O)C(C4=NC=NC4)C=CC2(O)C3O)cc2c(c1O)C(O)=CC(c1ccc(OCCC3=NC(=N)C=C3)cc1)O2. The maximum atomic E-state index is 12.4. The molecule has 0 radical (unpaired) electrons. The largest absolute Gasteiger partial charge is 0.507 e. The molecule has 260 valence electrons. The molecule has 0 amide bonds. The number of carboxylic acids is 1. The van der Waals surface area contributed by atoms with Crippen LogP contribution in [0.5, 0.6) is 28.7 Å². The van der Waals surface area contributed by atoms with E-state index >= 15 is 0 Å². The maximum absolute atomic E-state index is 12.4. The van der Waals surface area contributed by atoms with E-state index in [0.717, 1.165) is 11.8 Å². The third kappa shape index (κ3) is 5.38.